The molecule has 3 nitrogen and oxygen atoms in total. The van der Waals surface area contributed by atoms with Crippen LogP contribution >= 0.6 is 0 Å². The molecule has 0 aliphatic heterocycles. The average molecular weight is 870 g/mol. The van der Waals surface area contributed by atoms with E-state index in [2.05, 4.69) is 228 Å². The molecular weight excluding hydrogens is 823 g/mol. The number of rotatable bonds is 12. The molecule has 0 radical (unpaired) electrons. The van der Waals surface area contributed by atoms with Gasteiger partial charge in [0.15, 0.2) is 0 Å². The molecular formula is C65H47N3. The Bertz CT molecular complexity index is 3440. The molecule has 11 rings (SSSR count). The molecule has 0 saturated carbocycles. The van der Waals surface area contributed by atoms with E-state index >= 15 is 0 Å². The Morgan fingerprint density at radius 3 is 1.10 bits per heavy atom. The second kappa shape index (κ2) is 19.4. The largest absolute Gasteiger partial charge is 0.256 e. The van der Waals surface area contributed by atoms with Gasteiger partial charge in [-0.2, -0.15) is 0 Å². The van der Waals surface area contributed by atoms with E-state index in [1.165, 1.54) is 66.8 Å². The molecule has 0 unspecified atom stereocenters. The lowest BCUT2D eigenvalue weighted by Crippen LogP contribution is -1.95. The number of hydrogen-bond donors (Lipinski definition) is 0. The Balaban J connectivity index is 0.922. The Kier molecular flexibility index (Phi) is 11.9. The third kappa shape index (κ3) is 9.19. The molecule has 3 heteroatoms. The Hall–Kier alpha value is -8.79. The second-order valence-corrected chi connectivity index (χ2v) is 17.2. The predicted octanol–water partition coefficient (Wildman–Crippen LogP) is 16.7. The maximum absolute atomic E-state index is 4.81. The number of aryl methyl sites for hydroxylation is 2. The summed E-state index contributed by atoms with van der Waals surface area (Å²) in [4.78, 5) is 14.0. The van der Waals surface area contributed by atoms with Gasteiger partial charge in [0.25, 0.3) is 0 Å². The van der Waals surface area contributed by atoms with Crippen molar-refractivity contribution in [2.24, 2.45) is 0 Å². The van der Waals surface area contributed by atoms with Crippen molar-refractivity contribution in [3.63, 3.8) is 0 Å². The van der Waals surface area contributed by atoms with Gasteiger partial charge < -0.3 is 0 Å². The topological polar surface area (TPSA) is 38.7 Å². The first-order chi connectivity index (χ1) is 33.7. The number of hydrogen-bond acceptors (Lipinski definition) is 3. The van der Waals surface area contributed by atoms with Crippen molar-refractivity contribution in [2.45, 2.75) is 12.8 Å². The summed E-state index contributed by atoms with van der Waals surface area (Å²) in [5.74, 6) is 0. The smallest absolute Gasteiger partial charge is 0.0708 e. The van der Waals surface area contributed by atoms with Crippen molar-refractivity contribution >= 4 is 0 Å². The van der Waals surface area contributed by atoms with Crippen molar-refractivity contribution in [1.82, 2.24) is 15.0 Å². The van der Waals surface area contributed by atoms with Gasteiger partial charge in [-0.1, -0.05) is 200 Å². The SMILES string of the molecule is c1ccc(-c2ccc(-c3ccnc(-c4ccc(-c5ccccc5-c5cc(CCc6ccc(-c7ccccn7)cc6)cc(-c6ccccc6-c6ccc(-c7ccccn7)cc6)c5)cc4)c3)cc2)cc1. The number of benzene rings is 8. The molecule has 0 fully saturated rings. The summed E-state index contributed by atoms with van der Waals surface area (Å²) < 4.78 is 0. The zero-order chi connectivity index (χ0) is 45.5. The van der Waals surface area contributed by atoms with Crippen LogP contribution in [0.4, 0.5) is 0 Å². The molecule has 3 aromatic heterocycles. The van der Waals surface area contributed by atoms with Crippen molar-refractivity contribution in [3.8, 4) is 101 Å². The molecule has 11 aromatic rings. The van der Waals surface area contributed by atoms with Crippen molar-refractivity contribution in [3.05, 3.63) is 272 Å². The molecule has 0 bridgehead atoms. The highest BCUT2D eigenvalue weighted by molar-refractivity contribution is 5.90. The molecule has 0 atom stereocenters. The predicted molar refractivity (Wildman–Crippen MR) is 283 cm³/mol. The lowest BCUT2D eigenvalue weighted by Gasteiger charge is -2.17. The van der Waals surface area contributed by atoms with Crippen molar-refractivity contribution < 1.29 is 0 Å². The highest BCUT2D eigenvalue weighted by atomic mass is 14.7. The van der Waals surface area contributed by atoms with E-state index in [9.17, 15) is 0 Å². The zero-order valence-electron chi connectivity index (χ0n) is 37.6. The lowest BCUT2D eigenvalue weighted by atomic mass is 9.87. The second-order valence-electron chi connectivity index (χ2n) is 17.2. The summed E-state index contributed by atoms with van der Waals surface area (Å²) in [6.07, 6.45) is 7.42. The minimum absolute atomic E-state index is 0.894. The van der Waals surface area contributed by atoms with Gasteiger partial charge in [0.2, 0.25) is 0 Å². The molecule has 0 amide bonds. The number of aromatic nitrogens is 3. The van der Waals surface area contributed by atoms with Crippen LogP contribution in [-0.2, 0) is 12.8 Å². The highest BCUT2D eigenvalue weighted by Gasteiger charge is 2.15. The van der Waals surface area contributed by atoms with Crippen LogP contribution in [0.3, 0.4) is 0 Å². The minimum atomic E-state index is 0.894. The first-order valence-corrected chi connectivity index (χ1v) is 23.3. The zero-order valence-corrected chi connectivity index (χ0v) is 37.6. The first-order valence-electron chi connectivity index (χ1n) is 23.3. The summed E-state index contributed by atoms with van der Waals surface area (Å²) in [7, 11) is 0. The van der Waals surface area contributed by atoms with Crippen LogP contribution in [-0.4, -0.2) is 15.0 Å². The summed E-state index contributed by atoms with van der Waals surface area (Å²) in [6, 6.07) is 86.9. The van der Waals surface area contributed by atoms with E-state index < -0.39 is 0 Å². The van der Waals surface area contributed by atoms with Gasteiger partial charge in [-0.15, -0.1) is 0 Å². The highest BCUT2D eigenvalue weighted by Crippen LogP contribution is 2.39. The van der Waals surface area contributed by atoms with Crippen LogP contribution in [0, 0.1) is 0 Å². The fraction of sp³-hybridized carbons (Fsp3) is 0.0308. The van der Waals surface area contributed by atoms with Crippen LogP contribution in [0.15, 0.2) is 261 Å². The molecule has 8 aromatic carbocycles. The quantitative estimate of drug-likeness (QED) is 0.123. The summed E-state index contributed by atoms with van der Waals surface area (Å²) >= 11 is 0. The molecule has 0 aliphatic rings. The van der Waals surface area contributed by atoms with Gasteiger partial charge in [0.1, 0.15) is 0 Å². The van der Waals surface area contributed by atoms with E-state index in [-0.39, 0.29) is 0 Å². The third-order valence-electron chi connectivity index (χ3n) is 12.8. The fourth-order valence-electron chi connectivity index (χ4n) is 9.21. The van der Waals surface area contributed by atoms with Gasteiger partial charge in [-0.25, -0.2) is 0 Å². The normalized spacial score (nSPS) is 11.1. The van der Waals surface area contributed by atoms with Crippen LogP contribution in [0.25, 0.3) is 101 Å². The molecule has 68 heavy (non-hydrogen) atoms. The monoisotopic (exact) mass is 869 g/mol. The first kappa shape index (κ1) is 41.9. The van der Waals surface area contributed by atoms with Gasteiger partial charge in [0, 0.05) is 35.3 Å². The van der Waals surface area contributed by atoms with E-state index in [0.717, 1.165) is 57.7 Å². The van der Waals surface area contributed by atoms with Crippen LogP contribution in [0.2, 0.25) is 0 Å². The fourth-order valence-corrected chi connectivity index (χ4v) is 9.21. The van der Waals surface area contributed by atoms with Gasteiger partial charge in [0.05, 0.1) is 17.1 Å². The molecule has 0 spiro atoms. The molecule has 0 N–H and O–H groups in total. The maximum Gasteiger partial charge on any atom is 0.0708 e. The number of nitrogens with zero attached hydrogens (tertiary/aromatic N) is 3. The molecule has 322 valence electrons. The van der Waals surface area contributed by atoms with Crippen molar-refractivity contribution in [2.75, 3.05) is 0 Å². The van der Waals surface area contributed by atoms with Gasteiger partial charge in [-0.05, 0) is 133 Å². The van der Waals surface area contributed by atoms with Crippen LogP contribution < -0.4 is 0 Å². The summed E-state index contributed by atoms with van der Waals surface area (Å²) in [6.45, 7) is 0. The Labute approximate surface area is 398 Å². The number of pyridine rings is 3. The lowest BCUT2D eigenvalue weighted by molar-refractivity contribution is 0.961. The summed E-state index contributed by atoms with van der Waals surface area (Å²) in [5.41, 5.74) is 23.0. The van der Waals surface area contributed by atoms with Crippen LogP contribution in [0.5, 0.6) is 0 Å². The van der Waals surface area contributed by atoms with Gasteiger partial charge in [-0.3, -0.25) is 15.0 Å². The van der Waals surface area contributed by atoms with E-state index in [1.54, 1.807) is 0 Å². The van der Waals surface area contributed by atoms with Crippen molar-refractivity contribution in [1.29, 1.82) is 0 Å². The summed E-state index contributed by atoms with van der Waals surface area (Å²) in [5, 5.41) is 0. The standard InChI is InChI=1S/C65H47N3/c1-2-12-48(13-3-1)49-26-28-50(29-27-49)56-38-41-68-65(45-56)55-36-32-52(33-37-55)60-15-5-7-17-62(60)58-43-47(21-20-46-22-24-53(25-23-46)63-18-8-10-39-66-63)42-57(44-58)61-16-6-4-14-59(61)51-30-34-54(35-31-51)64-19-9-11-40-67-64/h1-19,22-45H,20-21H2. The molecule has 0 saturated heterocycles. The van der Waals surface area contributed by atoms with Gasteiger partial charge >= 0.3 is 0 Å². The average Bonchev–Trinajstić information content (AvgIpc) is 3.43. The van der Waals surface area contributed by atoms with E-state index in [1.807, 2.05) is 42.9 Å². The minimum Gasteiger partial charge on any atom is -0.256 e. The maximum atomic E-state index is 4.81. The molecule has 0 aliphatic carbocycles. The Morgan fingerprint density at radius 2 is 0.588 bits per heavy atom. The third-order valence-corrected chi connectivity index (χ3v) is 12.8. The van der Waals surface area contributed by atoms with Crippen LogP contribution in [0.1, 0.15) is 11.1 Å². The van der Waals surface area contributed by atoms with E-state index in [4.69, 9.17) is 4.98 Å². The molecule has 3 heterocycles. The Morgan fingerprint density at radius 1 is 0.206 bits per heavy atom. The van der Waals surface area contributed by atoms with E-state index in [0.29, 0.717) is 0 Å².